The lowest BCUT2D eigenvalue weighted by Crippen LogP contribution is -2.38. The number of aromatic nitrogens is 1. The predicted molar refractivity (Wildman–Crippen MR) is 89.1 cm³/mol. The molecule has 2 aromatic rings. The molecule has 0 saturated carbocycles. The number of fused-ring (bicyclic) bond motifs is 1. The molecule has 1 saturated heterocycles. The number of benzene rings is 1. The Morgan fingerprint density at radius 1 is 1.33 bits per heavy atom. The van der Waals surface area contributed by atoms with E-state index in [1.165, 1.54) is 9.71 Å². The average Bonchev–Trinajstić information content (AvgIpc) is 2.91. The van der Waals surface area contributed by atoms with Gasteiger partial charge in [-0.05, 0) is 25.0 Å². The van der Waals surface area contributed by atoms with Crippen molar-refractivity contribution < 1.29 is 4.79 Å². The number of likely N-dealkylation sites (tertiary alicyclic amines) is 1. The maximum absolute atomic E-state index is 11.8. The standard InChI is InChI=1S/C15H19N3OS.ClH/c16-8-5-14(19)18-9-6-11(7-10-18)15-17-12-3-1-2-4-13(12)20-15;/h1-4,11H,5-10,16H2;1H. The Morgan fingerprint density at radius 3 is 2.71 bits per heavy atom. The summed E-state index contributed by atoms with van der Waals surface area (Å²) in [5, 5.41) is 1.22. The van der Waals surface area contributed by atoms with Gasteiger partial charge < -0.3 is 10.6 Å². The Kier molecular flexibility index (Phi) is 5.56. The molecule has 0 unspecified atom stereocenters. The third kappa shape index (κ3) is 3.54. The molecular weight excluding hydrogens is 306 g/mol. The molecule has 0 spiro atoms. The zero-order valence-electron chi connectivity index (χ0n) is 11.8. The Morgan fingerprint density at radius 2 is 2.05 bits per heavy atom. The van der Waals surface area contributed by atoms with E-state index >= 15 is 0 Å². The number of rotatable bonds is 3. The summed E-state index contributed by atoms with van der Waals surface area (Å²) in [4.78, 5) is 18.5. The van der Waals surface area contributed by atoms with Gasteiger partial charge in [0.15, 0.2) is 0 Å². The number of halogens is 1. The first-order chi connectivity index (χ1) is 9.78. The second kappa shape index (κ2) is 7.20. The summed E-state index contributed by atoms with van der Waals surface area (Å²) in [6.07, 6.45) is 2.48. The van der Waals surface area contributed by atoms with Crippen molar-refractivity contribution in [3.8, 4) is 0 Å². The first-order valence-electron chi connectivity index (χ1n) is 7.11. The van der Waals surface area contributed by atoms with Crippen molar-refractivity contribution in [2.75, 3.05) is 19.6 Å². The van der Waals surface area contributed by atoms with Crippen molar-refractivity contribution in [2.45, 2.75) is 25.2 Å². The highest BCUT2D eigenvalue weighted by atomic mass is 35.5. The molecule has 0 aliphatic carbocycles. The van der Waals surface area contributed by atoms with E-state index in [0.717, 1.165) is 31.4 Å². The van der Waals surface area contributed by atoms with E-state index in [-0.39, 0.29) is 18.3 Å². The van der Waals surface area contributed by atoms with E-state index in [1.807, 2.05) is 11.0 Å². The summed E-state index contributed by atoms with van der Waals surface area (Å²) in [5.74, 6) is 0.685. The van der Waals surface area contributed by atoms with Crippen molar-refractivity contribution in [1.29, 1.82) is 0 Å². The lowest BCUT2D eigenvalue weighted by Gasteiger charge is -2.31. The van der Waals surface area contributed by atoms with Crippen LogP contribution in [0.4, 0.5) is 0 Å². The highest BCUT2D eigenvalue weighted by Crippen LogP contribution is 2.33. The number of para-hydroxylation sites is 1. The van der Waals surface area contributed by atoms with Crippen molar-refractivity contribution in [2.24, 2.45) is 5.73 Å². The Hall–Kier alpha value is -1.17. The van der Waals surface area contributed by atoms with Gasteiger partial charge in [-0.2, -0.15) is 0 Å². The number of hydrogen-bond donors (Lipinski definition) is 1. The minimum atomic E-state index is 0. The number of piperidine rings is 1. The molecule has 0 atom stereocenters. The molecule has 0 bridgehead atoms. The predicted octanol–water partition coefficient (Wildman–Crippen LogP) is 2.77. The first kappa shape index (κ1) is 16.2. The molecule has 3 rings (SSSR count). The fourth-order valence-corrected chi connectivity index (χ4v) is 3.86. The van der Waals surface area contributed by atoms with Gasteiger partial charge in [-0.25, -0.2) is 4.98 Å². The minimum absolute atomic E-state index is 0. The number of amides is 1. The molecule has 1 aromatic heterocycles. The van der Waals surface area contributed by atoms with Gasteiger partial charge in [-0.3, -0.25) is 4.79 Å². The summed E-state index contributed by atoms with van der Waals surface area (Å²) in [6.45, 7) is 2.11. The Balaban J connectivity index is 0.00000161. The van der Waals surface area contributed by atoms with Crippen LogP contribution in [0.25, 0.3) is 10.2 Å². The van der Waals surface area contributed by atoms with E-state index in [1.54, 1.807) is 11.3 Å². The van der Waals surface area contributed by atoms with Crippen LogP contribution in [0.5, 0.6) is 0 Å². The average molecular weight is 326 g/mol. The first-order valence-corrected chi connectivity index (χ1v) is 7.93. The molecule has 6 heteroatoms. The second-order valence-electron chi connectivity index (χ2n) is 5.21. The van der Waals surface area contributed by atoms with Gasteiger partial charge in [0.2, 0.25) is 5.91 Å². The molecule has 1 fully saturated rings. The lowest BCUT2D eigenvalue weighted by atomic mass is 9.97. The van der Waals surface area contributed by atoms with Crippen molar-refractivity contribution in [3.05, 3.63) is 29.3 Å². The topological polar surface area (TPSA) is 59.2 Å². The van der Waals surface area contributed by atoms with Crippen molar-refractivity contribution >= 4 is 39.9 Å². The maximum Gasteiger partial charge on any atom is 0.223 e. The molecule has 1 aromatic carbocycles. The van der Waals surface area contributed by atoms with Gasteiger partial charge >= 0.3 is 0 Å². The number of carbonyl (C=O) groups excluding carboxylic acids is 1. The number of carbonyl (C=O) groups is 1. The number of nitrogens with zero attached hydrogens (tertiary/aromatic N) is 2. The van der Waals surface area contributed by atoms with Crippen LogP contribution >= 0.6 is 23.7 Å². The van der Waals surface area contributed by atoms with Crippen LogP contribution in [0, 0.1) is 0 Å². The third-order valence-corrected chi connectivity index (χ3v) is 5.06. The van der Waals surface area contributed by atoms with Gasteiger partial charge in [0.05, 0.1) is 15.2 Å². The highest BCUT2D eigenvalue weighted by Gasteiger charge is 2.25. The van der Waals surface area contributed by atoms with Gasteiger partial charge in [-0.1, -0.05) is 12.1 Å². The van der Waals surface area contributed by atoms with E-state index in [0.29, 0.717) is 18.9 Å². The zero-order chi connectivity index (χ0) is 13.9. The monoisotopic (exact) mass is 325 g/mol. The quantitative estimate of drug-likeness (QED) is 0.944. The van der Waals surface area contributed by atoms with Gasteiger partial charge in [0.1, 0.15) is 0 Å². The van der Waals surface area contributed by atoms with Gasteiger partial charge in [-0.15, -0.1) is 23.7 Å². The van der Waals surface area contributed by atoms with Crippen LogP contribution < -0.4 is 5.73 Å². The van der Waals surface area contributed by atoms with Crippen LogP contribution in [0.2, 0.25) is 0 Å². The molecule has 21 heavy (non-hydrogen) atoms. The number of thiazole rings is 1. The number of hydrogen-bond acceptors (Lipinski definition) is 4. The fraction of sp³-hybridized carbons (Fsp3) is 0.467. The molecule has 1 aliphatic rings. The van der Waals surface area contributed by atoms with Gasteiger partial charge in [0, 0.05) is 32.0 Å². The zero-order valence-corrected chi connectivity index (χ0v) is 13.5. The van der Waals surface area contributed by atoms with Crippen LogP contribution in [0.3, 0.4) is 0 Å². The normalized spacial score (nSPS) is 16.0. The minimum Gasteiger partial charge on any atom is -0.343 e. The Bertz CT molecular complexity index is 575. The van der Waals surface area contributed by atoms with E-state index in [4.69, 9.17) is 10.7 Å². The molecule has 0 radical (unpaired) electrons. The smallest absolute Gasteiger partial charge is 0.223 e. The van der Waals surface area contributed by atoms with Gasteiger partial charge in [0.25, 0.3) is 0 Å². The molecular formula is C15H20ClN3OS. The van der Waals surface area contributed by atoms with E-state index in [2.05, 4.69) is 18.2 Å². The van der Waals surface area contributed by atoms with Crippen molar-refractivity contribution in [1.82, 2.24) is 9.88 Å². The third-order valence-electron chi connectivity index (χ3n) is 3.87. The number of nitrogens with two attached hydrogens (primary N) is 1. The summed E-state index contributed by atoms with van der Waals surface area (Å²) in [7, 11) is 0. The molecule has 2 heterocycles. The van der Waals surface area contributed by atoms with Crippen LogP contribution in [0.1, 0.15) is 30.2 Å². The largest absolute Gasteiger partial charge is 0.343 e. The summed E-state index contributed by atoms with van der Waals surface area (Å²) in [5.41, 5.74) is 6.53. The fourth-order valence-electron chi connectivity index (χ4n) is 2.72. The molecule has 2 N–H and O–H groups in total. The Labute approximate surface area is 134 Å². The molecule has 4 nitrogen and oxygen atoms in total. The molecule has 114 valence electrons. The van der Waals surface area contributed by atoms with Crippen molar-refractivity contribution in [3.63, 3.8) is 0 Å². The lowest BCUT2D eigenvalue weighted by molar-refractivity contribution is -0.132. The SMILES string of the molecule is Cl.NCCC(=O)N1CCC(c2nc3ccccc3s2)CC1. The molecule has 1 aliphatic heterocycles. The van der Waals surface area contributed by atoms with Crippen LogP contribution in [-0.4, -0.2) is 35.4 Å². The maximum atomic E-state index is 11.8. The van der Waals surface area contributed by atoms with E-state index in [9.17, 15) is 4.79 Å². The summed E-state index contributed by atoms with van der Waals surface area (Å²) < 4.78 is 1.25. The van der Waals surface area contributed by atoms with E-state index < -0.39 is 0 Å². The van der Waals surface area contributed by atoms with Crippen LogP contribution in [0.15, 0.2) is 24.3 Å². The summed E-state index contributed by atoms with van der Waals surface area (Å²) >= 11 is 1.79. The second-order valence-corrected chi connectivity index (χ2v) is 6.28. The summed E-state index contributed by atoms with van der Waals surface area (Å²) in [6, 6.07) is 8.27. The molecule has 1 amide bonds. The van der Waals surface area contributed by atoms with Crippen LogP contribution in [-0.2, 0) is 4.79 Å². The highest BCUT2D eigenvalue weighted by molar-refractivity contribution is 7.18.